The van der Waals surface area contributed by atoms with Crippen LogP contribution in [0.4, 0.5) is 0 Å². The predicted octanol–water partition coefficient (Wildman–Crippen LogP) is 4.54. The summed E-state index contributed by atoms with van der Waals surface area (Å²) in [5.41, 5.74) is 2.58. The predicted molar refractivity (Wildman–Crippen MR) is 82.5 cm³/mol. The van der Waals surface area contributed by atoms with Crippen LogP contribution in [0.25, 0.3) is 0 Å². The highest BCUT2D eigenvalue weighted by molar-refractivity contribution is 7.99. The Kier molecular flexibility index (Phi) is 6.84. The van der Waals surface area contributed by atoms with Crippen LogP contribution in [0.2, 0.25) is 0 Å². The third-order valence-corrected chi connectivity index (χ3v) is 3.89. The Labute approximate surface area is 119 Å². The van der Waals surface area contributed by atoms with Crippen molar-refractivity contribution < 1.29 is 0 Å². The molecule has 18 heavy (non-hydrogen) atoms. The molecule has 0 fully saturated rings. The highest BCUT2D eigenvalue weighted by Gasteiger charge is 2.06. The highest BCUT2D eigenvalue weighted by atomic mass is 35.5. The molecule has 0 aliphatic rings. The third kappa shape index (κ3) is 4.71. The van der Waals surface area contributed by atoms with Crippen molar-refractivity contribution in [1.29, 1.82) is 0 Å². The molecule has 2 rings (SSSR count). The van der Waals surface area contributed by atoms with Gasteiger partial charge >= 0.3 is 0 Å². The second kappa shape index (κ2) is 8.17. The van der Waals surface area contributed by atoms with Crippen molar-refractivity contribution in [2.45, 2.75) is 18.6 Å². The first-order valence-corrected chi connectivity index (χ1v) is 6.97. The summed E-state index contributed by atoms with van der Waals surface area (Å²) in [6.07, 6.45) is 2.99. The van der Waals surface area contributed by atoms with E-state index >= 15 is 0 Å². The molecule has 1 aromatic carbocycles. The average Bonchev–Trinajstić information content (AvgIpc) is 2.41. The Morgan fingerprint density at radius 1 is 1.06 bits per heavy atom. The molecule has 0 saturated heterocycles. The largest absolute Gasteiger partial charge is 0.260 e. The van der Waals surface area contributed by atoms with Crippen LogP contribution in [0.3, 0.4) is 0 Å². The van der Waals surface area contributed by atoms with E-state index in [9.17, 15) is 0 Å². The number of hydrogen-bond acceptors (Lipinski definition) is 2. The number of aryl methyl sites for hydroxylation is 1. The van der Waals surface area contributed by atoms with E-state index in [1.165, 1.54) is 11.3 Å². The van der Waals surface area contributed by atoms with E-state index in [0.717, 1.165) is 12.2 Å². The molecule has 1 atom stereocenters. The minimum atomic E-state index is 0. The number of aromatic nitrogens is 1. The number of rotatable bonds is 5. The fraction of sp³-hybridized carbons (Fsp3) is 0.267. The van der Waals surface area contributed by atoms with Gasteiger partial charge in [0.25, 0.3) is 0 Å². The van der Waals surface area contributed by atoms with E-state index in [1.807, 2.05) is 24.0 Å². The van der Waals surface area contributed by atoms with Gasteiger partial charge in [-0.05, 0) is 36.8 Å². The van der Waals surface area contributed by atoms with Gasteiger partial charge in [0.05, 0.1) is 5.69 Å². The smallest absolute Gasteiger partial charge is 0.0530 e. The first-order chi connectivity index (χ1) is 8.36. The number of pyridine rings is 1. The number of nitrogens with zero attached hydrogens (tertiary/aromatic N) is 1. The summed E-state index contributed by atoms with van der Waals surface area (Å²) in [4.78, 5) is 4.38. The van der Waals surface area contributed by atoms with Crippen molar-refractivity contribution >= 4 is 24.2 Å². The summed E-state index contributed by atoms with van der Waals surface area (Å²) in [6.45, 7) is 2.22. The van der Waals surface area contributed by atoms with Gasteiger partial charge < -0.3 is 0 Å². The van der Waals surface area contributed by atoms with E-state index in [-0.39, 0.29) is 12.4 Å². The van der Waals surface area contributed by atoms with Gasteiger partial charge in [-0.1, -0.05) is 36.4 Å². The van der Waals surface area contributed by atoms with Crippen LogP contribution in [-0.2, 0) is 6.42 Å². The molecule has 1 nitrogen and oxygen atoms in total. The van der Waals surface area contributed by atoms with Crippen LogP contribution in [-0.4, -0.2) is 10.7 Å². The summed E-state index contributed by atoms with van der Waals surface area (Å²) in [5.74, 6) is 1.14. The lowest BCUT2D eigenvalue weighted by Crippen LogP contribution is -1.95. The number of hydrogen-bond donors (Lipinski definition) is 0. The zero-order valence-corrected chi connectivity index (χ0v) is 12.1. The van der Waals surface area contributed by atoms with Crippen molar-refractivity contribution in [3.05, 3.63) is 66.0 Å². The molecule has 96 valence electrons. The van der Waals surface area contributed by atoms with Crippen molar-refractivity contribution in [1.82, 2.24) is 4.98 Å². The topological polar surface area (TPSA) is 12.9 Å². The van der Waals surface area contributed by atoms with Crippen molar-refractivity contribution in [2.75, 3.05) is 5.75 Å². The summed E-state index contributed by atoms with van der Waals surface area (Å²) in [7, 11) is 0. The summed E-state index contributed by atoms with van der Waals surface area (Å²) in [6, 6.07) is 16.7. The van der Waals surface area contributed by atoms with E-state index in [1.54, 1.807) is 0 Å². The van der Waals surface area contributed by atoms with Gasteiger partial charge in [-0.3, -0.25) is 4.98 Å². The number of halogens is 1. The van der Waals surface area contributed by atoms with E-state index in [0.29, 0.717) is 5.25 Å². The molecule has 1 heterocycles. The lowest BCUT2D eigenvalue weighted by atomic mass is 10.2. The zero-order valence-electron chi connectivity index (χ0n) is 10.5. The van der Waals surface area contributed by atoms with E-state index in [4.69, 9.17) is 0 Å². The molecule has 0 aliphatic carbocycles. The molecule has 3 heteroatoms. The quantitative estimate of drug-likeness (QED) is 0.797. The summed E-state index contributed by atoms with van der Waals surface area (Å²) < 4.78 is 0. The maximum absolute atomic E-state index is 4.38. The number of thioether (sulfide) groups is 1. The minimum absolute atomic E-state index is 0. The molecule has 0 N–H and O–H groups in total. The molecule has 0 bridgehead atoms. The van der Waals surface area contributed by atoms with Crippen LogP contribution in [0.15, 0.2) is 54.7 Å². The second-order valence-corrected chi connectivity index (χ2v) is 5.45. The van der Waals surface area contributed by atoms with Gasteiger partial charge in [0.2, 0.25) is 0 Å². The van der Waals surface area contributed by atoms with Crippen LogP contribution in [0.5, 0.6) is 0 Å². The van der Waals surface area contributed by atoms with Gasteiger partial charge in [-0.15, -0.1) is 12.4 Å². The Morgan fingerprint density at radius 3 is 2.44 bits per heavy atom. The molecular formula is C15H18ClNS. The molecule has 2 aromatic rings. The maximum Gasteiger partial charge on any atom is 0.0530 e. The van der Waals surface area contributed by atoms with Gasteiger partial charge in [-0.25, -0.2) is 0 Å². The van der Waals surface area contributed by atoms with Crippen molar-refractivity contribution in [3.8, 4) is 0 Å². The molecular weight excluding hydrogens is 262 g/mol. The van der Waals surface area contributed by atoms with Crippen LogP contribution < -0.4 is 0 Å². The van der Waals surface area contributed by atoms with Crippen LogP contribution >= 0.6 is 24.2 Å². The fourth-order valence-corrected chi connectivity index (χ4v) is 2.72. The molecule has 0 spiro atoms. The second-order valence-electron chi connectivity index (χ2n) is 4.00. The van der Waals surface area contributed by atoms with Crippen molar-refractivity contribution in [3.63, 3.8) is 0 Å². The van der Waals surface area contributed by atoms with Gasteiger partial charge in [0.15, 0.2) is 0 Å². The molecule has 0 radical (unpaired) electrons. The van der Waals surface area contributed by atoms with E-state index < -0.39 is 0 Å². The van der Waals surface area contributed by atoms with Gasteiger partial charge in [0.1, 0.15) is 0 Å². The van der Waals surface area contributed by atoms with Gasteiger partial charge in [0, 0.05) is 11.4 Å². The SMILES string of the molecule is CC(SCCc1ccccc1)c1ccccn1.Cl. The minimum Gasteiger partial charge on any atom is -0.260 e. The lowest BCUT2D eigenvalue weighted by Gasteiger charge is -2.10. The molecule has 0 saturated carbocycles. The van der Waals surface area contributed by atoms with Crippen LogP contribution in [0.1, 0.15) is 23.4 Å². The Morgan fingerprint density at radius 2 is 1.78 bits per heavy atom. The standard InChI is InChI=1S/C15H17NS.ClH/c1-13(15-9-5-6-11-16-15)17-12-10-14-7-3-2-4-8-14;/h2-9,11,13H,10,12H2,1H3;1H. The normalized spacial score (nSPS) is 11.6. The molecule has 0 aliphatic heterocycles. The Hall–Kier alpha value is -0.990. The zero-order chi connectivity index (χ0) is 11.9. The summed E-state index contributed by atoms with van der Waals surface area (Å²) in [5, 5.41) is 0.472. The van der Waals surface area contributed by atoms with Gasteiger partial charge in [-0.2, -0.15) is 11.8 Å². The monoisotopic (exact) mass is 279 g/mol. The van der Waals surface area contributed by atoms with E-state index in [2.05, 4.69) is 54.4 Å². The lowest BCUT2D eigenvalue weighted by molar-refractivity contribution is 1.00. The fourth-order valence-electron chi connectivity index (χ4n) is 1.70. The maximum atomic E-state index is 4.38. The highest BCUT2D eigenvalue weighted by Crippen LogP contribution is 2.26. The Bertz CT molecular complexity index is 433. The number of benzene rings is 1. The summed E-state index contributed by atoms with van der Waals surface area (Å²) >= 11 is 1.96. The first kappa shape index (κ1) is 15.1. The Balaban J connectivity index is 0.00000162. The van der Waals surface area contributed by atoms with Crippen molar-refractivity contribution in [2.24, 2.45) is 0 Å². The molecule has 1 aromatic heterocycles. The first-order valence-electron chi connectivity index (χ1n) is 5.93. The molecule has 0 amide bonds. The third-order valence-electron chi connectivity index (χ3n) is 2.71. The van der Waals surface area contributed by atoms with Crippen LogP contribution in [0, 0.1) is 0 Å². The average molecular weight is 280 g/mol. The molecule has 1 unspecified atom stereocenters.